The smallest absolute Gasteiger partial charge is 0.259 e. The number of anilines is 1. The van der Waals surface area contributed by atoms with Gasteiger partial charge in [-0.05, 0) is 31.0 Å². The van der Waals surface area contributed by atoms with Gasteiger partial charge < -0.3 is 14.6 Å². The third-order valence-electron chi connectivity index (χ3n) is 5.07. The summed E-state index contributed by atoms with van der Waals surface area (Å²) < 4.78 is 12.4. The van der Waals surface area contributed by atoms with Gasteiger partial charge in [0.05, 0.1) is 18.1 Å². The van der Waals surface area contributed by atoms with Crippen LogP contribution in [-0.2, 0) is 7.05 Å². The molecule has 1 amide bonds. The van der Waals surface area contributed by atoms with Crippen LogP contribution in [0.3, 0.4) is 0 Å². The van der Waals surface area contributed by atoms with Gasteiger partial charge in [-0.25, -0.2) is 4.98 Å². The van der Waals surface area contributed by atoms with Gasteiger partial charge in [0.25, 0.3) is 11.6 Å². The maximum absolute atomic E-state index is 13.2. The molecule has 0 unspecified atom stereocenters. The minimum absolute atomic E-state index is 0.293. The van der Waals surface area contributed by atoms with Gasteiger partial charge in [-0.1, -0.05) is 28.9 Å². The zero-order valence-corrected chi connectivity index (χ0v) is 17.1. The second-order valence-electron chi connectivity index (χ2n) is 7.27. The molecule has 9 heteroatoms. The molecule has 1 fully saturated rings. The lowest BCUT2D eigenvalue weighted by atomic mass is 10.0. The number of amides is 1. The quantitative estimate of drug-likeness (QED) is 0.510. The van der Waals surface area contributed by atoms with Crippen molar-refractivity contribution in [2.24, 2.45) is 7.05 Å². The van der Waals surface area contributed by atoms with Crippen molar-refractivity contribution >= 4 is 34.4 Å². The number of aromatic nitrogens is 4. The number of hydrogen-bond donors (Lipinski definition) is 1. The molecule has 152 valence electrons. The molecular formula is C21H18ClN5O3. The second kappa shape index (κ2) is 7.14. The van der Waals surface area contributed by atoms with Crippen LogP contribution in [0.5, 0.6) is 5.75 Å². The van der Waals surface area contributed by atoms with Crippen molar-refractivity contribution < 1.29 is 14.1 Å². The molecule has 0 aliphatic heterocycles. The molecule has 1 aliphatic rings. The highest BCUT2D eigenvalue weighted by Gasteiger charge is 2.29. The van der Waals surface area contributed by atoms with Gasteiger partial charge in [-0.3, -0.25) is 9.48 Å². The van der Waals surface area contributed by atoms with Crippen molar-refractivity contribution in [3.8, 4) is 17.0 Å². The van der Waals surface area contributed by atoms with Crippen molar-refractivity contribution in [2.75, 3.05) is 12.4 Å². The summed E-state index contributed by atoms with van der Waals surface area (Å²) in [6, 6.07) is 9.22. The standard InChI is InChI=1S/C21H18ClN5O3/c1-27-10-15(22)19(25-27)24-20(28)14-9-16(11-6-7-11)23-21-17(14)18(26-30-21)12-4-3-5-13(8-12)29-2/h3-5,8-11H,6-7H2,1-2H3,(H,24,25,28). The first-order chi connectivity index (χ1) is 14.5. The Morgan fingerprint density at radius 3 is 2.87 bits per heavy atom. The van der Waals surface area contributed by atoms with Gasteiger partial charge in [0, 0.05) is 30.4 Å². The van der Waals surface area contributed by atoms with Crippen LogP contribution in [0.25, 0.3) is 22.4 Å². The zero-order valence-electron chi connectivity index (χ0n) is 16.3. The molecule has 0 saturated heterocycles. The third kappa shape index (κ3) is 3.29. The van der Waals surface area contributed by atoms with Crippen LogP contribution in [0, 0.1) is 0 Å². The zero-order chi connectivity index (χ0) is 20.8. The summed E-state index contributed by atoms with van der Waals surface area (Å²) in [5.41, 5.74) is 2.86. The van der Waals surface area contributed by atoms with Crippen LogP contribution in [0.1, 0.15) is 34.8 Å². The first-order valence-electron chi connectivity index (χ1n) is 9.48. The minimum Gasteiger partial charge on any atom is -0.497 e. The highest BCUT2D eigenvalue weighted by atomic mass is 35.5. The summed E-state index contributed by atoms with van der Waals surface area (Å²) in [7, 11) is 3.33. The Morgan fingerprint density at radius 1 is 1.33 bits per heavy atom. The maximum Gasteiger partial charge on any atom is 0.259 e. The molecule has 1 aliphatic carbocycles. The number of carbonyl (C=O) groups excluding carboxylic acids is 1. The van der Waals surface area contributed by atoms with E-state index in [4.69, 9.17) is 20.9 Å². The van der Waals surface area contributed by atoms with Gasteiger partial charge in [-0.15, -0.1) is 0 Å². The number of nitrogens with one attached hydrogen (secondary N) is 1. The van der Waals surface area contributed by atoms with E-state index in [1.165, 1.54) is 4.68 Å². The number of benzene rings is 1. The minimum atomic E-state index is -0.350. The summed E-state index contributed by atoms with van der Waals surface area (Å²) >= 11 is 6.17. The predicted molar refractivity (Wildman–Crippen MR) is 112 cm³/mol. The van der Waals surface area contributed by atoms with E-state index in [9.17, 15) is 4.79 Å². The molecule has 5 rings (SSSR count). The lowest BCUT2D eigenvalue weighted by Crippen LogP contribution is -2.14. The normalized spacial score (nSPS) is 13.6. The number of fused-ring (bicyclic) bond motifs is 1. The van der Waals surface area contributed by atoms with E-state index in [-0.39, 0.29) is 5.91 Å². The summed E-state index contributed by atoms with van der Waals surface area (Å²) in [6.07, 6.45) is 3.71. The fourth-order valence-corrected chi connectivity index (χ4v) is 3.65. The fourth-order valence-electron chi connectivity index (χ4n) is 3.42. The topological polar surface area (TPSA) is 95.1 Å². The molecule has 30 heavy (non-hydrogen) atoms. The monoisotopic (exact) mass is 423 g/mol. The van der Waals surface area contributed by atoms with Crippen LogP contribution in [0.15, 0.2) is 41.1 Å². The Morgan fingerprint density at radius 2 is 2.17 bits per heavy atom. The highest BCUT2D eigenvalue weighted by molar-refractivity contribution is 6.33. The number of carbonyl (C=O) groups is 1. The molecule has 0 bridgehead atoms. The summed E-state index contributed by atoms with van der Waals surface area (Å²) in [5.74, 6) is 0.959. The van der Waals surface area contributed by atoms with Crippen molar-refractivity contribution in [1.82, 2.24) is 19.9 Å². The molecule has 1 N–H and O–H groups in total. The third-order valence-corrected chi connectivity index (χ3v) is 5.34. The number of nitrogens with zero attached hydrogens (tertiary/aromatic N) is 4. The maximum atomic E-state index is 13.2. The lowest BCUT2D eigenvalue weighted by Gasteiger charge is -2.08. The van der Waals surface area contributed by atoms with Crippen molar-refractivity contribution in [3.63, 3.8) is 0 Å². The first kappa shape index (κ1) is 18.6. The predicted octanol–water partition coefficient (Wildman–Crippen LogP) is 4.42. The molecule has 3 aromatic heterocycles. The van der Waals surface area contributed by atoms with Crippen molar-refractivity contribution in [3.05, 3.63) is 52.8 Å². The number of methoxy groups -OCH3 is 1. The number of halogens is 1. The van der Waals surface area contributed by atoms with Crippen LogP contribution < -0.4 is 10.1 Å². The number of hydrogen-bond acceptors (Lipinski definition) is 6. The van der Waals surface area contributed by atoms with E-state index < -0.39 is 0 Å². The molecule has 3 heterocycles. The summed E-state index contributed by atoms with van der Waals surface area (Å²) in [4.78, 5) is 17.9. The molecule has 4 aromatic rings. The van der Waals surface area contributed by atoms with Crippen LogP contribution in [0.4, 0.5) is 5.82 Å². The Labute approximate surface area is 176 Å². The average molecular weight is 424 g/mol. The highest BCUT2D eigenvalue weighted by Crippen LogP contribution is 2.41. The molecule has 0 spiro atoms. The van der Waals surface area contributed by atoms with Crippen LogP contribution in [0.2, 0.25) is 5.02 Å². The summed E-state index contributed by atoms with van der Waals surface area (Å²) in [6.45, 7) is 0. The molecular weight excluding hydrogens is 406 g/mol. The molecule has 1 aromatic carbocycles. The largest absolute Gasteiger partial charge is 0.497 e. The Hall–Kier alpha value is -3.39. The first-order valence-corrected chi connectivity index (χ1v) is 9.86. The average Bonchev–Trinajstić information content (AvgIpc) is 3.43. The Bertz CT molecular complexity index is 1280. The number of ether oxygens (including phenoxy) is 1. The van der Waals surface area contributed by atoms with Crippen molar-refractivity contribution in [1.29, 1.82) is 0 Å². The molecule has 0 atom stereocenters. The van der Waals surface area contributed by atoms with Gasteiger partial charge in [0.1, 0.15) is 16.5 Å². The Kier molecular flexibility index (Phi) is 4.43. The van der Waals surface area contributed by atoms with Crippen LogP contribution in [-0.4, -0.2) is 32.9 Å². The van der Waals surface area contributed by atoms with Gasteiger partial charge >= 0.3 is 0 Å². The number of aryl methyl sites for hydroxylation is 1. The van der Waals surface area contributed by atoms with Crippen molar-refractivity contribution in [2.45, 2.75) is 18.8 Å². The summed E-state index contributed by atoms with van der Waals surface area (Å²) in [5, 5.41) is 12.1. The van der Waals surface area contributed by atoms with E-state index >= 15 is 0 Å². The van der Waals surface area contributed by atoms with E-state index in [1.807, 2.05) is 30.3 Å². The van der Waals surface area contributed by atoms with Gasteiger partial charge in [0.2, 0.25) is 0 Å². The van der Waals surface area contributed by atoms with E-state index in [1.54, 1.807) is 20.4 Å². The lowest BCUT2D eigenvalue weighted by molar-refractivity contribution is 0.102. The molecule has 1 saturated carbocycles. The Balaban J connectivity index is 1.65. The van der Waals surface area contributed by atoms with Crippen LogP contribution >= 0.6 is 11.6 Å². The number of rotatable bonds is 5. The second-order valence-corrected chi connectivity index (χ2v) is 7.67. The SMILES string of the molecule is COc1cccc(-c2noc3nc(C4CC4)cc(C(=O)Nc4nn(C)cc4Cl)c23)c1. The van der Waals surface area contributed by atoms with Gasteiger partial charge in [0.15, 0.2) is 5.82 Å². The molecule has 8 nitrogen and oxygen atoms in total. The van der Waals surface area contributed by atoms with E-state index in [2.05, 4.69) is 20.6 Å². The van der Waals surface area contributed by atoms with Gasteiger partial charge in [-0.2, -0.15) is 5.10 Å². The number of pyridine rings is 1. The molecule has 0 radical (unpaired) electrons. The van der Waals surface area contributed by atoms with E-state index in [0.29, 0.717) is 44.9 Å². The fraction of sp³-hybridized carbons (Fsp3) is 0.238. The van der Waals surface area contributed by atoms with E-state index in [0.717, 1.165) is 24.1 Å².